The van der Waals surface area contributed by atoms with E-state index in [-0.39, 0.29) is 11.4 Å². The SMILES string of the molecule is CCc1cc(O)ccc1[N+](=O)[O-].CCc1cccc(O)c1. The Morgan fingerprint density at radius 3 is 2.14 bits per heavy atom. The van der Waals surface area contributed by atoms with Crippen LogP contribution in [0.1, 0.15) is 25.0 Å². The molecule has 0 amide bonds. The molecule has 0 aliphatic heterocycles. The molecule has 0 aliphatic rings. The van der Waals surface area contributed by atoms with Crippen molar-refractivity contribution in [3.05, 3.63) is 63.7 Å². The molecule has 0 bridgehead atoms. The van der Waals surface area contributed by atoms with Crippen LogP contribution in [0, 0.1) is 10.1 Å². The number of nitro benzene ring substituents is 1. The predicted octanol–water partition coefficient (Wildman–Crippen LogP) is 3.82. The normalized spacial score (nSPS) is 9.62. The standard InChI is InChI=1S/C8H9NO3.C8H10O/c1-2-6-5-7(10)3-4-8(6)9(11)12;1-2-7-4-3-5-8(9)6-7/h3-5,10H,2H2,1H3;3-6,9H,2H2,1H3. The Balaban J connectivity index is 0.000000219. The van der Waals surface area contributed by atoms with E-state index in [2.05, 4.69) is 6.92 Å². The third-order valence-electron chi connectivity index (χ3n) is 2.96. The lowest BCUT2D eigenvalue weighted by molar-refractivity contribution is -0.385. The molecule has 0 unspecified atom stereocenters. The molecule has 2 aromatic rings. The second kappa shape index (κ2) is 7.89. The average molecular weight is 289 g/mol. The largest absolute Gasteiger partial charge is 0.508 e. The van der Waals surface area contributed by atoms with Crippen LogP contribution in [0.5, 0.6) is 11.5 Å². The lowest BCUT2D eigenvalue weighted by atomic mass is 10.1. The fourth-order valence-corrected chi connectivity index (χ4v) is 1.81. The van der Waals surface area contributed by atoms with Gasteiger partial charge in [-0.05, 0) is 42.7 Å². The fraction of sp³-hybridized carbons (Fsp3) is 0.250. The Morgan fingerprint density at radius 1 is 1.00 bits per heavy atom. The maximum absolute atomic E-state index is 10.4. The van der Waals surface area contributed by atoms with E-state index in [0.29, 0.717) is 17.7 Å². The molecule has 2 rings (SSSR count). The third kappa shape index (κ3) is 5.14. The molecule has 0 aromatic heterocycles. The zero-order chi connectivity index (χ0) is 15.8. The van der Waals surface area contributed by atoms with Crippen LogP contribution in [0.2, 0.25) is 0 Å². The fourth-order valence-electron chi connectivity index (χ4n) is 1.81. The number of phenols is 2. The lowest BCUT2D eigenvalue weighted by Crippen LogP contribution is -1.93. The molecule has 0 atom stereocenters. The Morgan fingerprint density at radius 2 is 1.67 bits per heavy atom. The molecule has 5 nitrogen and oxygen atoms in total. The summed E-state index contributed by atoms with van der Waals surface area (Å²) in [4.78, 5) is 9.97. The molecule has 0 saturated heterocycles. The molecule has 0 heterocycles. The highest BCUT2D eigenvalue weighted by Gasteiger charge is 2.11. The molecular weight excluding hydrogens is 270 g/mol. The highest BCUT2D eigenvalue weighted by atomic mass is 16.6. The van der Waals surface area contributed by atoms with Crippen LogP contribution in [-0.4, -0.2) is 15.1 Å². The van der Waals surface area contributed by atoms with E-state index in [1.165, 1.54) is 23.8 Å². The minimum Gasteiger partial charge on any atom is -0.508 e. The number of rotatable bonds is 3. The first-order chi connectivity index (χ1) is 9.97. The smallest absolute Gasteiger partial charge is 0.272 e. The zero-order valence-electron chi connectivity index (χ0n) is 12.1. The Hall–Kier alpha value is -2.56. The van der Waals surface area contributed by atoms with E-state index in [9.17, 15) is 10.1 Å². The molecule has 0 radical (unpaired) electrons. The van der Waals surface area contributed by atoms with Gasteiger partial charge < -0.3 is 10.2 Å². The summed E-state index contributed by atoms with van der Waals surface area (Å²) in [6, 6.07) is 11.4. The summed E-state index contributed by atoms with van der Waals surface area (Å²) < 4.78 is 0. The molecule has 112 valence electrons. The van der Waals surface area contributed by atoms with Gasteiger partial charge >= 0.3 is 0 Å². The van der Waals surface area contributed by atoms with Crippen molar-refractivity contribution in [3.8, 4) is 11.5 Å². The van der Waals surface area contributed by atoms with Crippen molar-refractivity contribution >= 4 is 5.69 Å². The van der Waals surface area contributed by atoms with Crippen molar-refractivity contribution in [2.45, 2.75) is 26.7 Å². The van der Waals surface area contributed by atoms with Gasteiger partial charge in [0.05, 0.1) is 4.92 Å². The first-order valence-corrected chi connectivity index (χ1v) is 6.72. The van der Waals surface area contributed by atoms with Gasteiger partial charge in [0.2, 0.25) is 0 Å². The van der Waals surface area contributed by atoms with Crippen LogP contribution < -0.4 is 0 Å². The first kappa shape index (κ1) is 16.5. The van der Waals surface area contributed by atoms with Crippen LogP contribution in [-0.2, 0) is 12.8 Å². The van der Waals surface area contributed by atoms with Crippen molar-refractivity contribution < 1.29 is 15.1 Å². The molecule has 0 fully saturated rings. The number of nitro groups is 1. The molecule has 0 saturated carbocycles. The molecule has 0 aliphatic carbocycles. The van der Waals surface area contributed by atoms with Gasteiger partial charge in [0.25, 0.3) is 5.69 Å². The van der Waals surface area contributed by atoms with Gasteiger partial charge in [-0.1, -0.05) is 26.0 Å². The highest BCUT2D eigenvalue weighted by molar-refractivity contribution is 5.44. The summed E-state index contributed by atoms with van der Waals surface area (Å²) in [5.74, 6) is 0.423. The van der Waals surface area contributed by atoms with E-state index < -0.39 is 4.92 Å². The highest BCUT2D eigenvalue weighted by Crippen LogP contribution is 2.23. The second-order valence-electron chi connectivity index (χ2n) is 4.45. The van der Waals surface area contributed by atoms with Crippen LogP contribution in [0.4, 0.5) is 5.69 Å². The van der Waals surface area contributed by atoms with Crippen LogP contribution in [0.15, 0.2) is 42.5 Å². The molecular formula is C16H19NO4. The maximum atomic E-state index is 10.4. The Kier molecular flexibility index (Phi) is 6.20. The number of aryl methyl sites for hydroxylation is 2. The molecule has 5 heteroatoms. The summed E-state index contributed by atoms with van der Waals surface area (Å²) >= 11 is 0. The quantitative estimate of drug-likeness (QED) is 0.664. The van der Waals surface area contributed by atoms with Crippen molar-refractivity contribution in [3.63, 3.8) is 0 Å². The Bertz CT molecular complexity index is 611. The van der Waals surface area contributed by atoms with Crippen LogP contribution in [0.25, 0.3) is 0 Å². The number of hydrogen-bond acceptors (Lipinski definition) is 4. The van der Waals surface area contributed by atoms with E-state index in [0.717, 1.165) is 6.42 Å². The van der Waals surface area contributed by atoms with Crippen LogP contribution >= 0.6 is 0 Å². The van der Waals surface area contributed by atoms with E-state index in [1.54, 1.807) is 12.1 Å². The monoisotopic (exact) mass is 289 g/mol. The summed E-state index contributed by atoms with van der Waals surface area (Å²) in [6.45, 7) is 3.87. The predicted molar refractivity (Wildman–Crippen MR) is 81.6 cm³/mol. The van der Waals surface area contributed by atoms with Crippen LogP contribution in [0.3, 0.4) is 0 Å². The maximum Gasteiger partial charge on any atom is 0.272 e. The average Bonchev–Trinajstić information content (AvgIpc) is 2.47. The van der Waals surface area contributed by atoms with Gasteiger partial charge in [-0.3, -0.25) is 10.1 Å². The van der Waals surface area contributed by atoms with Gasteiger partial charge in [-0.25, -0.2) is 0 Å². The molecule has 0 spiro atoms. The topological polar surface area (TPSA) is 83.6 Å². The molecule has 21 heavy (non-hydrogen) atoms. The second-order valence-corrected chi connectivity index (χ2v) is 4.45. The van der Waals surface area contributed by atoms with E-state index in [1.807, 2.05) is 19.1 Å². The number of nitrogens with zero attached hydrogens (tertiary/aromatic N) is 1. The minimum absolute atomic E-state index is 0.0651. The minimum atomic E-state index is -0.446. The zero-order valence-corrected chi connectivity index (χ0v) is 12.1. The van der Waals surface area contributed by atoms with Gasteiger partial charge in [0.15, 0.2) is 0 Å². The molecule has 2 aromatic carbocycles. The number of phenolic OH excluding ortho intramolecular Hbond substituents is 2. The van der Waals surface area contributed by atoms with Gasteiger partial charge in [0.1, 0.15) is 11.5 Å². The lowest BCUT2D eigenvalue weighted by Gasteiger charge is -1.99. The van der Waals surface area contributed by atoms with Crippen molar-refractivity contribution in [2.75, 3.05) is 0 Å². The summed E-state index contributed by atoms with van der Waals surface area (Å²) in [5.41, 5.74) is 1.80. The summed E-state index contributed by atoms with van der Waals surface area (Å²) in [5, 5.41) is 28.4. The summed E-state index contributed by atoms with van der Waals surface area (Å²) in [6.07, 6.45) is 1.53. The van der Waals surface area contributed by atoms with Gasteiger partial charge in [0, 0.05) is 11.6 Å². The Labute approximate surface area is 123 Å². The third-order valence-corrected chi connectivity index (χ3v) is 2.96. The van der Waals surface area contributed by atoms with Crippen molar-refractivity contribution in [1.29, 1.82) is 0 Å². The number of aromatic hydroxyl groups is 2. The van der Waals surface area contributed by atoms with E-state index >= 15 is 0 Å². The first-order valence-electron chi connectivity index (χ1n) is 6.72. The van der Waals surface area contributed by atoms with Crippen molar-refractivity contribution in [2.24, 2.45) is 0 Å². The van der Waals surface area contributed by atoms with Crippen molar-refractivity contribution in [1.82, 2.24) is 0 Å². The van der Waals surface area contributed by atoms with Gasteiger partial charge in [-0.2, -0.15) is 0 Å². The molecule has 2 N–H and O–H groups in total. The van der Waals surface area contributed by atoms with E-state index in [4.69, 9.17) is 10.2 Å². The van der Waals surface area contributed by atoms with Gasteiger partial charge in [-0.15, -0.1) is 0 Å². The number of benzene rings is 2. The number of hydrogen-bond donors (Lipinski definition) is 2. The summed E-state index contributed by atoms with van der Waals surface area (Å²) in [7, 11) is 0.